The van der Waals surface area contributed by atoms with Gasteiger partial charge in [-0.05, 0) is 48.2 Å². The maximum Gasteiger partial charge on any atom is 0.223 e. The molecule has 162 valence electrons. The lowest BCUT2D eigenvalue weighted by molar-refractivity contribution is -0.126. The molecular weight excluding hydrogens is 424 g/mol. The van der Waals surface area contributed by atoms with Crippen molar-refractivity contribution in [1.82, 2.24) is 25.1 Å². The zero-order valence-electron chi connectivity index (χ0n) is 17.4. The number of aromatic nitrogens is 4. The number of nitrogens with zero attached hydrogens (tertiary/aromatic N) is 5. The van der Waals surface area contributed by atoms with Crippen molar-refractivity contribution in [3.8, 4) is 0 Å². The maximum absolute atomic E-state index is 13.2. The third-order valence-corrected chi connectivity index (χ3v) is 6.17. The summed E-state index contributed by atoms with van der Waals surface area (Å²) in [5.41, 5.74) is 2.73. The predicted molar refractivity (Wildman–Crippen MR) is 124 cm³/mol. The van der Waals surface area contributed by atoms with Crippen LogP contribution in [-0.2, 0) is 4.79 Å². The number of nitrogens with one attached hydrogen (secondary N) is 1. The Bertz CT molecular complexity index is 1220. The quantitative estimate of drug-likeness (QED) is 0.503. The van der Waals surface area contributed by atoms with Crippen LogP contribution in [0, 0.1) is 5.92 Å². The Kier molecular flexibility index (Phi) is 5.73. The Morgan fingerprint density at radius 2 is 1.78 bits per heavy atom. The van der Waals surface area contributed by atoms with E-state index in [2.05, 4.69) is 25.5 Å². The number of hydrogen-bond donors (Lipinski definition) is 1. The standard InChI is InChI=1S/C24H23ClN6O/c25-20-8-4-7-19(15-20)23(17-5-2-1-3-6-17)27-24(32)18-11-13-30(14-12-18)22-10-9-21-28-26-16-31(21)29-22/h1-10,15-16,18,23H,11-14H2,(H,27,32). The van der Waals surface area contributed by atoms with E-state index < -0.39 is 0 Å². The minimum Gasteiger partial charge on any atom is -0.355 e. The van der Waals surface area contributed by atoms with E-state index in [1.807, 2.05) is 66.7 Å². The highest BCUT2D eigenvalue weighted by molar-refractivity contribution is 6.30. The van der Waals surface area contributed by atoms with E-state index >= 15 is 0 Å². The predicted octanol–water partition coefficient (Wildman–Crippen LogP) is 3.90. The second-order valence-electron chi connectivity index (χ2n) is 7.99. The van der Waals surface area contributed by atoms with Gasteiger partial charge < -0.3 is 10.2 Å². The second kappa shape index (κ2) is 8.96. The number of halogens is 1. The van der Waals surface area contributed by atoms with Gasteiger partial charge in [0, 0.05) is 24.0 Å². The van der Waals surface area contributed by atoms with Gasteiger partial charge in [-0.25, -0.2) is 0 Å². The summed E-state index contributed by atoms with van der Waals surface area (Å²) in [6.45, 7) is 1.54. The Labute approximate surface area is 191 Å². The first-order valence-corrected chi connectivity index (χ1v) is 11.1. The molecule has 7 nitrogen and oxygen atoms in total. The van der Waals surface area contributed by atoms with Crippen molar-refractivity contribution < 1.29 is 4.79 Å². The fourth-order valence-electron chi connectivity index (χ4n) is 4.21. The van der Waals surface area contributed by atoms with Crippen LogP contribution in [-0.4, -0.2) is 38.8 Å². The first-order valence-electron chi connectivity index (χ1n) is 10.7. The van der Waals surface area contributed by atoms with Crippen molar-refractivity contribution in [2.75, 3.05) is 18.0 Å². The number of carbonyl (C=O) groups is 1. The number of hydrogen-bond acceptors (Lipinski definition) is 5. The zero-order chi connectivity index (χ0) is 21.9. The topological polar surface area (TPSA) is 75.4 Å². The van der Waals surface area contributed by atoms with E-state index in [1.54, 1.807) is 10.8 Å². The molecule has 0 saturated carbocycles. The Morgan fingerprint density at radius 1 is 1.00 bits per heavy atom. The molecule has 0 spiro atoms. The highest BCUT2D eigenvalue weighted by atomic mass is 35.5. The van der Waals surface area contributed by atoms with E-state index in [0.717, 1.165) is 48.5 Å². The van der Waals surface area contributed by atoms with E-state index in [4.69, 9.17) is 11.6 Å². The molecule has 0 radical (unpaired) electrons. The SMILES string of the molecule is O=C(NC(c1ccccc1)c1cccc(Cl)c1)C1CCN(c2ccc3nncn3n2)CC1. The number of anilines is 1. The highest BCUT2D eigenvalue weighted by Crippen LogP contribution is 2.27. The molecule has 1 saturated heterocycles. The average molecular weight is 447 g/mol. The molecule has 8 heteroatoms. The summed E-state index contributed by atoms with van der Waals surface area (Å²) < 4.78 is 1.67. The van der Waals surface area contributed by atoms with Crippen LogP contribution in [0.15, 0.2) is 73.1 Å². The number of benzene rings is 2. The van der Waals surface area contributed by atoms with Crippen LogP contribution >= 0.6 is 11.6 Å². The first kappa shape index (κ1) is 20.5. The molecular formula is C24H23ClN6O. The van der Waals surface area contributed by atoms with Crippen molar-refractivity contribution in [2.24, 2.45) is 5.92 Å². The van der Waals surface area contributed by atoms with Crippen molar-refractivity contribution in [2.45, 2.75) is 18.9 Å². The van der Waals surface area contributed by atoms with E-state index in [9.17, 15) is 4.79 Å². The van der Waals surface area contributed by atoms with Crippen LogP contribution in [0.3, 0.4) is 0 Å². The largest absolute Gasteiger partial charge is 0.355 e. The van der Waals surface area contributed by atoms with Gasteiger partial charge in [-0.2, -0.15) is 4.52 Å². The lowest BCUT2D eigenvalue weighted by atomic mass is 9.93. The summed E-state index contributed by atoms with van der Waals surface area (Å²) in [6.07, 6.45) is 3.13. The molecule has 0 bridgehead atoms. The number of rotatable bonds is 5. The first-order chi connectivity index (χ1) is 15.7. The Balaban J connectivity index is 1.28. The van der Waals surface area contributed by atoms with Gasteiger partial charge in [-0.1, -0.05) is 54.1 Å². The van der Waals surface area contributed by atoms with E-state index in [-0.39, 0.29) is 17.9 Å². The fraction of sp³-hybridized carbons (Fsp3) is 0.250. The zero-order valence-corrected chi connectivity index (χ0v) is 18.2. The number of piperidine rings is 1. The molecule has 1 fully saturated rings. The molecule has 1 N–H and O–H groups in total. The molecule has 1 amide bonds. The lowest BCUT2D eigenvalue weighted by Crippen LogP contribution is -2.42. The molecule has 5 rings (SSSR count). The van der Waals surface area contributed by atoms with Gasteiger partial charge in [0.15, 0.2) is 5.65 Å². The summed E-state index contributed by atoms with van der Waals surface area (Å²) in [4.78, 5) is 15.4. The molecule has 1 unspecified atom stereocenters. The van der Waals surface area contributed by atoms with Gasteiger partial charge in [-0.3, -0.25) is 4.79 Å². The number of amides is 1. The molecule has 32 heavy (non-hydrogen) atoms. The smallest absolute Gasteiger partial charge is 0.223 e. The molecule has 4 aromatic rings. The van der Waals surface area contributed by atoms with E-state index in [0.29, 0.717) is 5.02 Å². The van der Waals surface area contributed by atoms with Gasteiger partial charge >= 0.3 is 0 Å². The van der Waals surface area contributed by atoms with Crippen molar-refractivity contribution in [1.29, 1.82) is 0 Å². The van der Waals surface area contributed by atoms with Gasteiger partial charge in [0.05, 0.1) is 6.04 Å². The fourth-order valence-corrected chi connectivity index (χ4v) is 4.41. The minimum absolute atomic E-state index is 0.0460. The third-order valence-electron chi connectivity index (χ3n) is 5.94. The van der Waals surface area contributed by atoms with Crippen molar-refractivity contribution in [3.05, 3.63) is 89.2 Å². The van der Waals surface area contributed by atoms with Crippen molar-refractivity contribution >= 4 is 29.0 Å². The number of carbonyl (C=O) groups excluding carboxylic acids is 1. The van der Waals surface area contributed by atoms with Gasteiger partial charge in [0.1, 0.15) is 12.1 Å². The van der Waals surface area contributed by atoms with Crippen LogP contribution in [0.1, 0.15) is 30.0 Å². The monoisotopic (exact) mass is 446 g/mol. The van der Waals surface area contributed by atoms with Crippen LogP contribution < -0.4 is 10.2 Å². The second-order valence-corrected chi connectivity index (χ2v) is 8.43. The molecule has 3 heterocycles. The number of fused-ring (bicyclic) bond motifs is 1. The summed E-state index contributed by atoms with van der Waals surface area (Å²) >= 11 is 6.23. The van der Waals surface area contributed by atoms with E-state index in [1.165, 1.54) is 0 Å². The van der Waals surface area contributed by atoms with Gasteiger partial charge in [0.25, 0.3) is 0 Å². The van der Waals surface area contributed by atoms with Crippen molar-refractivity contribution in [3.63, 3.8) is 0 Å². The summed E-state index contributed by atoms with van der Waals surface area (Å²) in [6, 6.07) is 21.3. The minimum atomic E-state index is -0.238. The van der Waals surface area contributed by atoms with Crippen LogP contribution in [0.4, 0.5) is 5.82 Å². The summed E-state index contributed by atoms with van der Waals surface area (Å²) in [5.74, 6) is 0.897. The maximum atomic E-state index is 13.2. The highest BCUT2D eigenvalue weighted by Gasteiger charge is 2.28. The third kappa shape index (κ3) is 4.29. The van der Waals surface area contributed by atoms with Gasteiger partial charge in [-0.15, -0.1) is 15.3 Å². The Hall–Kier alpha value is -3.45. The Morgan fingerprint density at radius 3 is 2.56 bits per heavy atom. The molecule has 1 aliphatic heterocycles. The molecule has 0 aliphatic carbocycles. The lowest BCUT2D eigenvalue weighted by Gasteiger charge is -2.33. The summed E-state index contributed by atoms with van der Waals surface area (Å²) in [7, 11) is 0. The van der Waals surface area contributed by atoms with Crippen LogP contribution in [0.25, 0.3) is 5.65 Å². The molecule has 1 aliphatic rings. The molecule has 2 aromatic carbocycles. The molecule has 2 aromatic heterocycles. The normalized spacial score (nSPS) is 15.6. The van der Waals surface area contributed by atoms with Crippen LogP contribution in [0.5, 0.6) is 0 Å². The summed E-state index contributed by atoms with van der Waals surface area (Å²) in [5, 5.41) is 16.4. The van der Waals surface area contributed by atoms with Crippen LogP contribution in [0.2, 0.25) is 5.02 Å². The molecule has 1 atom stereocenters. The average Bonchev–Trinajstić information content (AvgIpc) is 3.31. The van der Waals surface area contributed by atoms with Gasteiger partial charge in [0.2, 0.25) is 5.91 Å².